The van der Waals surface area contributed by atoms with Crippen LogP contribution in [0.15, 0.2) is 46.9 Å². The zero-order valence-electron chi connectivity index (χ0n) is 19.1. The summed E-state index contributed by atoms with van der Waals surface area (Å²) in [6.45, 7) is 7.46. The van der Waals surface area contributed by atoms with Crippen LogP contribution < -0.4 is 9.62 Å². The fourth-order valence-electron chi connectivity index (χ4n) is 3.31. The van der Waals surface area contributed by atoms with Gasteiger partial charge in [0, 0.05) is 17.6 Å². The molecular weight excluding hydrogens is 494 g/mol. The number of hydrogen-bond donors (Lipinski definition) is 1. The summed E-state index contributed by atoms with van der Waals surface area (Å²) in [6.07, 6.45) is 1.07. The third kappa shape index (κ3) is 6.80. The standard InChI is InChI=1S/C23H30BrN3O4S/c1-6-25-23(29)18(4)26(14-19-9-7-8-16(2)12-19)22(28)15-27(32(5,30)31)20-10-11-21(24)17(3)13-20/h7-13,18H,6,14-15H2,1-5H3,(H,25,29). The van der Waals surface area contributed by atoms with Gasteiger partial charge in [-0.25, -0.2) is 8.42 Å². The minimum Gasteiger partial charge on any atom is -0.355 e. The van der Waals surface area contributed by atoms with E-state index >= 15 is 0 Å². The largest absolute Gasteiger partial charge is 0.355 e. The Morgan fingerprint density at radius 3 is 2.38 bits per heavy atom. The summed E-state index contributed by atoms with van der Waals surface area (Å²) >= 11 is 3.41. The third-order valence-corrected chi connectivity index (χ3v) is 7.09. The predicted molar refractivity (Wildman–Crippen MR) is 131 cm³/mol. The Balaban J connectivity index is 2.40. The highest BCUT2D eigenvalue weighted by atomic mass is 79.9. The van der Waals surface area contributed by atoms with Crippen LogP contribution in [0.4, 0.5) is 5.69 Å². The first kappa shape index (κ1) is 25.9. The molecule has 0 heterocycles. The van der Waals surface area contributed by atoms with Gasteiger partial charge in [0.25, 0.3) is 0 Å². The van der Waals surface area contributed by atoms with Gasteiger partial charge in [0.05, 0.1) is 11.9 Å². The van der Waals surface area contributed by atoms with Crippen molar-refractivity contribution in [3.05, 3.63) is 63.6 Å². The minimum absolute atomic E-state index is 0.190. The molecule has 0 radical (unpaired) electrons. The monoisotopic (exact) mass is 523 g/mol. The lowest BCUT2D eigenvalue weighted by Gasteiger charge is -2.31. The van der Waals surface area contributed by atoms with E-state index < -0.39 is 28.5 Å². The molecule has 1 atom stereocenters. The van der Waals surface area contributed by atoms with Crippen LogP contribution in [0.25, 0.3) is 0 Å². The van der Waals surface area contributed by atoms with Crippen molar-refractivity contribution >= 4 is 43.5 Å². The lowest BCUT2D eigenvalue weighted by atomic mass is 10.1. The summed E-state index contributed by atoms with van der Waals surface area (Å²) in [5.74, 6) is -0.754. The molecule has 0 saturated carbocycles. The number of likely N-dealkylation sites (N-methyl/N-ethyl adjacent to an activating group) is 1. The third-order valence-electron chi connectivity index (χ3n) is 5.06. The van der Waals surface area contributed by atoms with Gasteiger partial charge in [0.15, 0.2) is 0 Å². The van der Waals surface area contributed by atoms with E-state index in [2.05, 4.69) is 21.2 Å². The van der Waals surface area contributed by atoms with Crippen molar-refractivity contribution in [2.75, 3.05) is 23.7 Å². The van der Waals surface area contributed by atoms with E-state index in [1.807, 2.05) is 38.1 Å². The smallest absolute Gasteiger partial charge is 0.244 e. The van der Waals surface area contributed by atoms with Crippen molar-refractivity contribution in [1.82, 2.24) is 10.2 Å². The molecule has 0 aliphatic rings. The van der Waals surface area contributed by atoms with Crippen molar-refractivity contribution < 1.29 is 18.0 Å². The van der Waals surface area contributed by atoms with Crippen molar-refractivity contribution in [3.63, 3.8) is 0 Å². The topological polar surface area (TPSA) is 86.8 Å². The van der Waals surface area contributed by atoms with Gasteiger partial charge in [-0.2, -0.15) is 0 Å². The number of halogens is 1. The molecule has 0 aliphatic carbocycles. The number of anilines is 1. The molecule has 2 rings (SSSR count). The average molecular weight is 524 g/mol. The quantitative estimate of drug-likeness (QED) is 0.545. The second-order valence-corrected chi connectivity index (χ2v) is 10.5. The Hall–Kier alpha value is -2.39. The van der Waals surface area contributed by atoms with E-state index in [1.165, 1.54) is 4.90 Å². The first-order chi connectivity index (χ1) is 14.9. The molecule has 2 amide bonds. The fraction of sp³-hybridized carbons (Fsp3) is 0.391. The number of amides is 2. The first-order valence-electron chi connectivity index (χ1n) is 10.3. The van der Waals surface area contributed by atoms with Crippen molar-refractivity contribution in [3.8, 4) is 0 Å². The Morgan fingerprint density at radius 1 is 1.12 bits per heavy atom. The van der Waals surface area contributed by atoms with Crippen molar-refractivity contribution in [2.45, 2.75) is 40.3 Å². The second kappa shape index (κ2) is 11.0. The maximum absolute atomic E-state index is 13.4. The number of nitrogens with one attached hydrogen (secondary N) is 1. The van der Waals surface area contributed by atoms with E-state index in [1.54, 1.807) is 32.0 Å². The molecule has 0 aliphatic heterocycles. The molecule has 0 bridgehead atoms. The highest BCUT2D eigenvalue weighted by molar-refractivity contribution is 9.10. The highest BCUT2D eigenvalue weighted by Crippen LogP contribution is 2.25. The van der Waals surface area contributed by atoms with Gasteiger partial charge in [-0.3, -0.25) is 13.9 Å². The summed E-state index contributed by atoms with van der Waals surface area (Å²) in [4.78, 5) is 27.4. The molecule has 0 saturated heterocycles. The Bertz CT molecular complexity index is 1090. The van der Waals surface area contributed by atoms with Gasteiger partial charge < -0.3 is 10.2 Å². The van der Waals surface area contributed by atoms with Gasteiger partial charge in [-0.15, -0.1) is 0 Å². The summed E-state index contributed by atoms with van der Waals surface area (Å²) < 4.78 is 27.0. The highest BCUT2D eigenvalue weighted by Gasteiger charge is 2.30. The Labute approximate surface area is 199 Å². The van der Waals surface area contributed by atoms with Crippen molar-refractivity contribution in [2.24, 2.45) is 0 Å². The van der Waals surface area contributed by atoms with Crippen LogP contribution in [-0.4, -0.2) is 50.5 Å². The van der Waals surface area contributed by atoms with Crippen molar-refractivity contribution in [1.29, 1.82) is 0 Å². The summed E-state index contributed by atoms with van der Waals surface area (Å²) in [7, 11) is -3.74. The van der Waals surface area contributed by atoms with Gasteiger partial charge >= 0.3 is 0 Å². The normalized spacial score (nSPS) is 12.2. The molecule has 174 valence electrons. The number of benzene rings is 2. The molecule has 32 heavy (non-hydrogen) atoms. The van der Waals surface area contributed by atoms with E-state index in [4.69, 9.17) is 0 Å². The van der Waals surface area contributed by atoms with Crippen LogP contribution in [0.3, 0.4) is 0 Å². The molecule has 1 N–H and O–H groups in total. The number of aryl methyl sites for hydroxylation is 2. The molecule has 2 aromatic carbocycles. The van der Waals surface area contributed by atoms with Gasteiger partial charge in [0.1, 0.15) is 12.6 Å². The number of sulfonamides is 1. The maximum Gasteiger partial charge on any atom is 0.244 e. The summed E-state index contributed by atoms with van der Waals surface area (Å²) in [6, 6.07) is 12.0. The van der Waals surface area contributed by atoms with Gasteiger partial charge in [-0.1, -0.05) is 45.8 Å². The predicted octanol–water partition coefficient (Wildman–Crippen LogP) is 3.39. The molecule has 1 unspecified atom stereocenters. The number of rotatable bonds is 9. The van der Waals surface area contributed by atoms with Gasteiger partial charge in [-0.05, 0) is 57.0 Å². The second-order valence-electron chi connectivity index (χ2n) is 7.78. The molecule has 0 fully saturated rings. The van der Waals surface area contributed by atoms with Crippen LogP contribution in [0.1, 0.15) is 30.5 Å². The molecule has 0 aromatic heterocycles. The number of carbonyl (C=O) groups is 2. The minimum atomic E-state index is -3.74. The van der Waals surface area contributed by atoms with E-state index in [0.717, 1.165) is 31.7 Å². The summed E-state index contributed by atoms with van der Waals surface area (Å²) in [5.41, 5.74) is 3.13. The van der Waals surface area contributed by atoms with E-state index in [-0.39, 0.29) is 12.5 Å². The molecular formula is C23H30BrN3O4S. The van der Waals surface area contributed by atoms with Crippen LogP contribution in [-0.2, 0) is 26.2 Å². The van der Waals surface area contributed by atoms with Gasteiger partial charge in [0.2, 0.25) is 21.8 Å². The van der Waals surface area contributed by atoms with E-state index in [9.17, 15) is 18.0 Å². The number of carbonyl (C=O) groups excluding carboxylic acids is 2. The molecule has 9 heteroatoms. The first-order valence-corrected chi connectivity index (χ1v) is 12.9. The maximum atomic E-state index is 13.4. The number of nitrogens with zero attached hydrogens (tertiary/aromatic N) is 2. The zero-order chi connectivity index (χ0) is 24.1. The molecule has 2 aromatic rings. The Morgan fingerprint density at radius 2 is 1.81 bits per heavy atom. The zero-order valence-corrected chi connectivity index (χ0v) is 21.5. The van der Waals surface area contributed by atoms with Crippen LogP contribution >= 0.6 is 15.9 Å². The SMILES string of the molecule is CCNC(=O)C(C)N(Cc1cccc(C)c1)C(=O)CN(c1ccc(Br)c(C)c1)S(C)(=O)=O. The van der Waals surface area contributed by atoms with Crippen LogP contribution in [0.2, 0.25) is 0 Å². The molecule has 0 spiro atoms. The fourth-order valence-corrected chi connectivity index (χ4v) is 4.40. The van der Waals surface area contributed by atoms with Crippen LogP contribution in [0, 0.1) is 13.8 Å². The van der Waals surface area contributed by atoms with E-state index in [0.29, 0.717) is 12.2 Å². The Kier molecular flexibility index (Phi) is 8.86. The van der Waals surface area contributed by atoms with Crippen LogP contribution in [0.5, 0.6) is 0 Å². The lowest BCUT2D eigenvalue weighted by molar-refractivity contribution is -0.139. The summed E-state index contributed by atoms with van der Waals surface area (Å²) in [5, 5.41) is 2.74. The average Bonchev–Trinajstić information content (AvgIpc) is 2.71. The lowest BCUT2D eigenvalue weighted by Crippen LogP contribution is -2.51. The number of hydrogen-bond acceptors (Lipinski definition) is 4. The molecule has 7 nitrogen and oxygen atoms in total.